The monoisotopic (exact) mass is 386 g/mol. The minimum atomic E-state index is -1.13. The Hall–Kier alpha value is -3.03. The number of aromatic nitrogens is 1. The maximum atomic E-state index is 12.3. The third-order valence-electron chi connectivity index (χ3n) is 5.23. The molecule has 3 amide bonds. The van der Waals surface area contributed by atoms with Crippen molar-refractivity contribution < 1.29 is 19.5 Å². The van der Waals surface area contributed by atoms with Gasteiger partial charge in [-0.05, 0) is 37.8 Å². The second-order valence-electron chi connectivity index (χ2n) is 7.21. The lowest BCUT2D eigenvalue weighted by atomic mass is 10.0. The lowest BCUT2D eigenvalue weighted by Crippen LogP contribution is -2.51. The molecule has 0 saturated carbocycles. The van der Waals surface area contributed by atoms with Crippen molar-refractivity contribution in [2.24, 2.45) is 0 Å². The van der Waals surface area contributed by atoms with Crippen LogP contribution in [-0.2, 0) is 16.0 Å². The highest BCUT2D eigenvalue weighted by Gasteiger charge is 2.25. The standard InChI is InChI=1S/C20H26N4O4/c1-13-6-4-5-9-24(13)18(25)12-22-20(28)23-17(19(26)27)10-14-11-21-16-8-3-2-7-15(14)16/h2-3,7-8,11,13,17,21H,4-6,9-10,12H2,1H3,(H,26,27)(H2,22,23,28). The van der Waals surface area contributed by atoms with Crippen molar-refractivity contribution >= 4 is 28.8 Å². The molecule has 2 unspecified atom stereocenters. The Morgan fingerprint density at radius 2 is 2.07 bits per heavy atom. The number of carbonyl (C=O) groups excluding carboxylic acids is 2. The predicted molar refractivity (Wildman–Crippen MR) is 105 cm³/mol. The molecule has 1 fully saturated rings. The van der Waals surface area contributed by atoms with E-state index in [1.54, 1.807) is 11.1 Å². The van der Waals surface area contributed by atoms with E-state index in [9.17, 15) is 19.5 Å². The van der Waals surface area contributed by atoms with Gasteiger partial charge < -0.3 is 25.6 Å². The molecule has 2 aromatic rings. The van der Waals surface area contributed by atoms with E-state index in [-0.39, 0.29) is 24.9 Å². The number of fused-ring (bicyclic) bond motifs is 1. The third-order valence-corrected chi connectivity index (χ3v) is 5.23. The minimum absolute atomic E-state index is 0.143. The zero-order chi connectivity index (χ0) is 20.1. The number of H-pyrrole nitrogens is 1. The smallest absolute Gasteiger partial charge is 0.326 e. The molecule has 150 valence electrons. The quantitative estimate of drug-likeness (QED) is 0.607. The van der Waals surface area contributed by atoms with Crippen molar-refractivity contribution in [3.8, 4) is 0 Å². The molecular weight excluding hydrogens is 360 g/mol. The summed E-state index contributed by atoms with van der Waals surface area (Å²) in [5.74, 6) is -1.28. The summed E-state index contributed by atoms with van der Waals surface area (Å²) in [4.78, 5) is 40.9. The van der Waals surface area contributed by atoms with E-state index in [1.807, 2.05) is 31.2 Å². The average molecular weight is 386 g/mol. The van der Waals surface area contributed by atoms with E-state index in [0.717, 1.165) is 35.7 Å². The molecule has 0 aliphatic carbocycles. The topological polar surface area (TPSA) is 115 Å². The van der Waals surface area contributed by atoms with Gasteiger partial charge in [-0.1, -0.05) is 18.2 Å². The number of carboxylic acids is 1. The number of rotatable bonds is 6. The van der Waals surface area contributed by atoms with E-state index < -0.39 is 18.0 Å². The Bertz CT molecular complexity index is 863. The second-order valence-corrected chi connectivity index (χ2v) is 7.21. The Labute approximate surface area is 163 Å². The first-order valence-electron chi connectivity index (χ1n) is 9.57. The molecule has 1 aliphatic rings. The fourth-order valence-corrected chi connectivity index (χ4v) is 3.66. The van der Waals surface area contributed by atoms with Gasteiger partial charge in [-0.3, -0.25) is 4.79 Å². The summed E-state index contributed by atoms with van der Waals surface area (Å²) in [5.41, 5.74) is 1.72. The third kappa shape index (κ3) is 4.62. The predicted octanol–water partition coefficient (Wildman–Crippen LogP) is 1.86. The number of hydrogen-bond donors (Lipinski definition) is 4. The first-order chi connectivity index (χ1) is 13.5. The summed E-state index contributed by atoms with van der Waals surface area (Å²) in [6, 6.07) is 5.99. The van der Waals surface area contributed by atoms with Crippen molar-refractivity contribution in [1.82, 2.24) is 20.5 Å². The number of nitrogens with one attached hydrogen (secondary N) is 3. The van der Waals surface area contributed by atoms with E-state index in [0.29, 0.717) is 6.54 Å². The van der Waals surface area contributed by atoms with Crippen LogP contribution < -0.4 is 10.6 Å². The van der Waals surface area contributed by atoms with Crippen molar-refractivity contribution in [1.29, 1.82) is 0 Å². The number of benzene rings is 1. The summed E-state index contributed by atoms with van der Waals surface area (Å²) in [6.07, 6.45) is 4.93. The number of amides is 3. The van der Waals surface area contributed by atoms with Crippen LogP contribution in [0.3, 0.4) is 0 Å². The molecule has 4 N–H and O–H groups in total. The van der Waals surface area contributed by atoms with Gasteiger partial charge in [0.25, 0.3) is 0 Å². The van der Waals surface area contributed by atoms with Gasteiger partial charge in [-0.25, -0.2) is 9.59 Å². The van der Waals surface area contributed by atoms with Crippen molar-refractivity contribution in [2.75, 3.05) is 13.1 Å². The number of urea groups is 1. The molecule has 1 aliphatic heterocycles. The first kappa shape index (κ1) is 19.7. The van der Waals surface area contributed by atoms with E-state index >= 15 is 0 Å². The van der Waals surface area contributed by atoms with Crippen molar-refractivity contribution in [2.45, 2.75) is 44.7 Å². The molecule has 1 aromatic carbocycles. The molecule has 0 radical (unpaired) electrons. The normalized spacial score (nSPS) is 17.9. The Balaban J connectivity index is 1.56. The number of piperidine rings is 1. The maximum absolute atomic E-state index is 12.3. The molecule has 0 spiro atoms. The number of aromatic amines is 1. The average Bonchev–Trinajstić information content (AvgIpc) is 3.09. The van der Waals surface area contributed by atoms with E-state index in [2.05, 4.69) is 15.6 Å². The molecular formula is C20H26N4O4. The maximum Gasteiger partial charge on any atom is 0.326 e. The lowest BCUT2D eigenvalue weighted by Gasteiger charge is -2.33. The van der Waals surface area contributed by atoms with Gasteiger partial charge in [-0.2, -0.15) is 0 Å². The largest absolute Gasteiger partial charge is 0.480 e. The highest BCUT2D eigenvalue weighted by Crippen LogP contribution is 2.19. The molecule has 2 heterocycles. The highest BCUT2D eigenvalue weighted by atomic mass is 16.4. The fraction of sp³-hybridized carbons (Fsp3) is 0.450. The zero-order valence-electron chi connectivity index (χ0n) is 15.9. The van der Waals surface area contributed by atoms with Crippen LogP contribution in [0.4, 0.5) is 4.79 Å². The van der Waals surface area contributed by atoms with Gasteiger partial charge in [0, 0.05) is 36.1 Å². The van der Waals surface area contributed by atoms with Gasteiger partial charge in [0.1, 0.15) is 6.04 Å². The summed E-state index contributed by atoms with van der Waals surface area (Å²) >= 11 is 0. The van der Waals surface area contributed by atoms with Crippen LogP contribution in [0, 0.1) is 0 Å². The summed E-state index contributed by atoms with van der Waals surface area (Å²) in [7, 11) is 0. The van der Waals surface area contributed by atoms with Crippen LogP contribution in [-0.4, -0.2) is 58.1 Å². The Kier molecular flexibility index (Phi) is 6.18. The van der Waals surface area contributed by atoms with Gasteiger partial charge >= 0.3 is 12.0 Å². The summed E-state index contributed by atoms with van der Waals surface area (Å²) < 4.78 is 0. The van der Waals surface area contributed by atoms with Crippen LogP contribution in [0.2, 0.25) is 0 Å². The van der Waals surface area contributed by atoms with Crippen molar-refractivity contribution in [3.63, 3.8) is 0 Å². The Morgan fingerprint density at radius 1 is 1.29 bits per heavy atom. The van der Waals surface area contributed by atoms with Gasteiger partial charge in [0.15, 0.2) is 0 Å². The van der Waals surface area contributed by atoms with Crippen LogP contribution in [0.15, 0.2) is 30.5 Å². The van der Waals surface area contributed by atoms with Gasteiger partial charge in [0.05, 0.1) is 6.54 Å². The number of aliphatic carboxylic acids is 1. The molecule has 1 saturated heterocycles. The number of para-hydroxylation sites is 1. The fourth-order valence-electron chi connectivity index (χ4n) is 3.66. The number of nitrogens with zero attached hydrogens (tertiary/aromatic N) is 1. The van der Waals surface area contributed by atoms with Crippen LogP contribution in [0.1, 0.15) is 31.7 Å². The summed E-state index contributed by atoms with van der Waals surface area (Å²) in [5, 5.41) is 15.3. The second kappa shape index (κ2) is 8.77. The van der Waals surface area contributed by atoms with Crippen LogP contribution in [0.25, 0.3) is 10.9 Å². The SMILES string of the molecule is CC1CCCCN1C(=O)CNC(=O)NC(Cc1c[nH]c2ccccc12)C(=O)O. The minimum Gasteiger partial charge on any atom is -0.480 e. The first-order valence-corrected chi connectivity index (χ1v) is 9.57. The summed E-state index contributed by atoms with van der Waals surface area (Å²) in [6.45, 7) is 2.55. The lowest BCUT2D eigenvalue weighted by molar-refractivity contribution is -0.139. The number of carboxylic acid groups (broad SMARTS) is 1. The number of likely N-dealkylation sites (tertiary alicyclic amines) is 1. The van der Waals surface area contributed by atoms with Crippen LogP contribution in [0.5, 0.6) is 0 Å². The van der Waals surface area contributed by atoms with Gasteiger partial charge in [-0.15, -0.1) is 0 Å². The van der Waals surface area contributed by atoms with Gasteiger partial charge in [0.2, 0.25) is 5.91 Å². The number of carbonyl (C=O) groups is 3. The van der Waals surface area contributed by atoms with Crippen LogP contribution >= 0.6 is 0 Å². The molecule has 28 heavy (non-hydrogen) atoms. The van der Waals surface area contributed by atoms with E-state index in [4.69, 9.17) is 0 Å². The molecule has 8 nitrogen and oxygen atoms in total. The molecule has 1 aromatic heterocycles. The molecule has 2 atom stereocenters. The van der Waals surface area contributed by atoms with Crippen molar-refractivity contribution in [3.05, 3.63) is 36.0 Å². The highest BCUT2D eigenvalue weighted by molar-refractivity contribution is 5.88. The molecule has 8 heteroatoms. The zero-order valence-corrected chi connectivity index (χ0v) is 15.9. The van der Waals surface area contributed by atoms with E-state index in [1.165, 1.54) is 0 Å². The molecule has 0 bridgehead atoms. The number of hydrogen-bond acceptors (Lipinski definition) is 3. The Morgan fingerprint density at radius 3 is 2.82 bits per heavy atom. The molecule has 3 rings (SSSR count).